The quantitative estimate of drug-likeness (QED) is 0.847. The van der Waals surface area contributed by atoms with Crippen molar-refractivity contribution in [3.63, 3.8) is 0 Å². The standard InChI is InChI=1S/C16H18F2N2O/c1-12(20-10-8-13-5-4-9-19-11-13)14-6-2-3-7-15(14)21-16(17)18/h2-7,9,11-12,16,20H,8,10H2,1H3. The number of ether oxygens (including phenoxy) is 1. The first-order chi connectivity index (χ1) is 10.2. The lowest BCUT2D eigenvalue weighted by molar-refractivity contribution is -0.0506. The minimum absolute atomic E-state index is 0.0726. The number of para-hydroxylation sites is 1. The van der Waals surface area contributed by atoms with E-state index in [-0.39, 0.29) is 11.8 Å². The zero-order valence-corrected chi connectivity index (χ0v) is 11.8. The normalized spacial score (nSPS) is 12.4. The van der Waals surface area contributed by atoms with E-state index in [2.05, 4.69) is 15.0 Å². The number of hydrogen-bond donors (Lipinski definition) is 1. The number of nitrogens with zero attached hydrogens (tertiary/aromatic N) is 1. The highest BCUT2D eigenvalue weighted by atomic mass is 19.3. The molecule has 0 saturated carbocycles. The Bertz CT molecular complexity index is 549. The fraction of sp³-hybridized carbons (Fsp3) is 0.312. The molecule has 0 aliphatic heterocycles. The number of alkyl halides is 2. The van der Waals surface area contributed by atoms with Crippen molar-refractivity contribution in [2.24, 2.45) is 0 Å². The van der Waals surface area contributed by atoms with Gasteiger partial charge < -0.3 is 10.1 Å². The monoisotopic (exact) mass is 292 g/mol. The van der Waals surface area contributed by atoms with Crippen molar-refractivity contribution in [3.05, 3.63) is 59.9 Å². The molecule has 1 N–H and O–H groups in total. The first-order valence-electron chi connectivity index (χ1n) is 6.83. The third kappa shape index (κ3) is 4.79. The number of aromatic nitrogens is 1. The highest BCUT2D eigenvalue weighted by Crippen LogP contribution is 2.26. The van der Waals surface area contributed by atoms with Gasteiger partial charge in [0.05, 0.1) is 0 Å². The lowest BCUT2D eigenvalue weighted by atomic mass is 10.1. The fourth-order valence-electron chi connectivity index (χ4n) is 2.13. The van der Waals surface area contributed by atoms with Crippen LogP contribution in [0.25, 0.3) is 0 Å². The molecular formula is C16H18F2N2O. The van der Waals surface area contributed by atoms with Crippen LogP contribution in [-0.4, -0.2) is 18.1 Å². The molecule has 2 aromatic rings. The van der Waals surface area contributed by atoms with E-state index in [1.165, 1.54) is 0 Å². The van der Waals surface area contributed by atoms with Crippen molar-refractivity contribution in [2.75, 3.05) is 6.54 Å². The van der Waals surface area contributed by atoms with Gasteiger partial charge in [0.15, 0.2) is 0 Å². The van der Waals surface area contributed by atoms with Crippen LogP contribution in [0.4, 0.5) is 8.78 Å². The fourth-order valence-corrected chi connectivity index (χ4v) is 2.13. The van der Waals surface area contributed by atoms with Crippen LogP contribution in [0.3, 0.4) is 0 Å². The second-order valence-electron chi connectivity index (χ2n) is 4.70. The lowest BCUT2D eigenvalue weighted by Crippen LogP contribution is -2.22. The molecule has 3 nitrogen and oxygen atoms in total. The van der Waals surface area contributed by atoms with Crippen LogP contribution in [0.2, 0.25) is 0 Å². The van der Waals surface area contributed by atoms with Crippen LogP contribution in [0.5, 0.6) is 5.75 Å². The van der Waals surface area contributed by atoms with Crippen molar-refractivity contribution in [1.29, 1.82) is 0 Å². The molecule has 1 aromatic carbocycles. The first kappa shape index (κ1) is 15.4. The second kappa shape index (κ2) is 7.69. The highest BCUT2D eigenvalue weighted by Gasteiger charge is 2.13. The maximum Gasteiger partial charge on any atom is 0.387 e. The molecule has 1 unspecified atom stereocenters. The predicted molar refractivity (Wildman–Crippen MR) is 77.4 cm³/mol. The first-order valence-corrected chi connectivity index (χ1v) is 6.83. The van der Waals surface area contributed by atoms with E-state index in [9.17, 15) is 8.78 Å². The minimum atomic E-state index is -2.81. The number of rotatable bonds is 7. The molecule has 0 aliphatic carbocycles. The number of pyridine rings is 1. The van der Waals surface area contributed by atoms with Gasteiger partial charge in [-0.1, -0.05) is 24.3 Å². The van der Waals surface area contributed by atoms with Gasteiger partial charge in [-0.05, 0) is 37.6 Å². The summed E-state index contributed by atoms with van der Waals surface area (Å²) in [6, 6.07) is 10.7. The Balaban J connectivity index is 1.92. The van der Waals surface area contributed by atoms with Crippen LogP contribution < -0.4 is 10.1 Å². The summed E-state index contributed by atoms with van der Waals surface area (Å²) in [4.78, 5) is 4.06. The van der Waals surface area contributed by atoms with Gasteiger partial charge in [0.1, 0.15) is 5.75 Å². The van der Waals surface area contributed by atoms with Crippen molar-refractivity contribution in [1.82, 2.24) is 10.3 Å². The van der Waals surface area contributed by atoms with Crippen LogP contribution in [0.1, 0.15) is 24.1 Å². The minimum Gasteiger partial charge on any atom is -0.434 e. The topological polar surface area (TPSA) is 34.2 Å². The van der Waals surface area contributed by atoms with Gasteiger partial charge in [-0.3, -0.25) is 4.98 Å². The Morgan fingerprint density at radius 3 is 2.71 bits per heavy atom. The maximum absolute atomic E-state index is 12.4. The predicted octanol–water partition coefficient (Wildman–Crippen LogP) is 3.58. The molecule has 0 fully saturated rings. The van der Waals surface area contributed by atoms with Gasteiger partial charge in [-0.25, -0.2) is 0 Å². The number of benzene rings is 1. The van der Waals surface area contributed by atoms with Gasteiger partial charge in [0, 0.05) is 24.0 Å². The number of nitrogens with one attached hydrogen (secondary N) is 1. The summed E-state index contributed by atoms with van der Waals surface area (Å²) >= 11 is 0. The molecule has 0 radical (unpaired) electrons. The number of hydrogen-bond acceptors (Lipinski definition) is 3. The molecule has 5 heteroatoms. The van der Waals surface area contributed by atoms with Gasteiger partial charge in [0.2, 0.25) is 0 Å². The average molecular weight is 292 g/mol. The Kier molecular flexibility index (Phi) is 5.63. The zero-order valence-electron chi connectivity index (χ0n) is 11.8. The van der Waals surface area contributed by atoms with Crippen molar-refractivity contribution >= 4 is 0 Å². The molecule has 112 valence electrons. The molecule has 1 atom stereocenters. The van der Waals surface area contributed by atoms with E-state index in [4.69, 9.17) is 0 Å². The molecule has 0 aliphatic rings. The van der Waals surface area contributed by atoms with Gasteiger partial charge in [-0.2, -0.15) is 8.78 Å². The Morgan fingerprint density at radius 2 is 2.00 bits per heavy atom. The SMILES string of the molecule is CC(NCCc1cccnc1)c1ccccc1OC(F)F. The van der Waals surface area contributed by atoms with Crippen molar-refractivity contribution in [2.45, 2.75) is 26.0 Å². The molecule has 0 saturated heterocycles. The molecular weight excluding hydrogens is 274 g/mol. The zero-order chi connectivity index (χ0) is 15.1. The maximum atomic E-state index is 12.4. The summed E-state index contributed by atoms with van der Waals surface area (Å²) in [6.45, 7) is -0.152. The summed E-state index contributed by atoms with van der Waals surface area (Å²) in [5.74, 6) is 0.217. The summed E-state index contributed by atoms with van der Waals surface area (Å²) in [6.07, 6.45) is 4.38. The van der Waals surface area contributed by atoms with E-state index in [0.29, 0.717) is 0 Å². The van der Waals surface area contributed by atoms with E-state index < -0.39 is 6.61 Å². The van der Waals surface area contributed by atoms with Crippen LogP contribution in [0, 0.1) is 0 Å². The van der Waals surface area contributed by atoms with E-state index >= 15 is 0 Å². The number of halogens is 2. The molecule has 2 rings (SSSR count). The van der Waals surface area contributed by atoms with Gasteiger partial charge in [0.25, 0.3) is 0 Å². The average Bonchev–Trinajstić information content (AvgIpc) is 2.48. The summed E-state index contributed by atoms with van der Waals surface area (Å²) in [7, 11) is 0. The highest BCUT2D eigenvalue weighted by molar-refractivity contribution is 5.35. The summed E-state index contributed by atoms with van der Waals surface area (Å²) in [5, 5.41) is 3.31. The molecule has 0 bridgehead atoms. The van der Waals surface area contributed by atoms with Crippen LogP contribution in [0.15, 0.2) is 48.8 Å². The molecule has 0 spiro atoms. The van der Waals surface area contributed by atoms with Crippen LogP contribution >= 0.6 is 0 Å². The molecule has 1 heterocycles. The van der Waals surface area contributed by atoms with Gasteiger partial charge in [-0.15, -0.1) is 0 Å². The third-order valence-electron chi connectivity index (χ3n) is 3.19. The smallest absolute Gasteiger partial charge is 0.387 e. The van der Waals surface area contributed by atoms with Gasteiger partial charge >= 0.3 is 6.61 Å². The summed E-state index contributed by atoms with van der Waals surface area (Å²) < 4.78 is 29.3. The van der Waals surface area contributed by atoms with E-state index in [0.717, 1.165) is 24.1 Å². The second-order valence-corrected chi connectivity index (χ2v) is 4.70. The molecule has 0 amide bonds. The van der Waals surface area contributed by atoms with E-state index in [1.54, 1.807) is 24.4 Å². The Labute approximate surface area is 123 Å². The van der Waals surface area contributed by atoms with E-state index in [1.807, 2.05) is 31.3 Å². The van der Waals surface area contributed by atoms with Crippen molar-refractivity contribution in [3.8, 4) is 5.75 Å². The Morgan fingerprint density at radius 1 is 1.19 bits per heavy atom. The Hall–Kier alpha value is -2.01. The van der Waals surface area contributed by atoms with Crippen molar-refractivity contribution < 1.29 is 13.5 Å². The molecule has 21 heavy (non-hydrogen) atoms. The largest absolute Gasteiger partial charge is 0.434 e. The third-order valence-corrected chi connectivity index (χ3v) is 3.19. The lowest BCUT2D eigenvalue weighted by Gasteiger charge is -2.18. The van der Waals surface area contributed by atoms with Crippen LogP contribution in [-0.2, 0) is 6.42 Å². The summed E-state index contributed by atoms with van der Waals surface area (Å²) in [5.41, 5.74) is 1.86. The molecule has 1 aromatic heterocycles.